The van der Waals surface area contributed by atoms with Crippen molar-refractivity contribution in [1.82, 2.24) is 0 Å². The first-order valence-electron chi connectivity index (χ1n) is 7.48. The van der Waals surface area contributed by atoms with Crippen molar-refractivity contribution in [2.24, 2.45) is 5.73 Å². The number of methoxy groups -OCH3 is 1. The van der Waals surface area contributed by atoms with Crippen molar-refractivity contribution in [3.63, 3.8) is 0 Å². The van der Waals surface area contributed by atoms with Crippen LogP contribution < -0.4 is 15.8 Å². The molecular weight excluding hydrogens is 268 g/mol. The summed E-state index contributed by atoms with van der Waals surface area (Å²) in [5, 5.41) is 3.54. The Morgan fingerprint density at radius 3 is 2.76 bits per heavy atom. The van der Waals surface area contributed by atoms with E-state index in [9.17, 15) is 4.79 Å². The second-order valence-corrected chi connectivity index (χ2v) is 5.45. The molecule has 3 N–H and O–H groups in total. The van der Waals surface area contributed by atoms with Gasteiger partial charge in [0, 0.05) is 18.8 Å². The Hall–Kier alpha value is -1.75. The number of amides is 1. The number of ether oxygens (including phenoxy) is 2. The summed E-state index contributed by atoms with van der Waals surface area (Å²) in [6, 6.07) is 8.26. The van der Waals surface area contributed by atoms with Crippen LogP contribution >= 0.6 is 0 Å². The van der Waals surface area contributed by atoms with Gasteiger partial charge in [0.15, 0.2) is 0 Å². The van der Waals surface area contributed by atoms with E-state index >= 15 is 0 Å². The second-order valence-electron chi connectivity index (χ2n) is 5.45. The molecule has 116 valence electrons. The molecule has 2 rings (SSSR count). The molecule has 1 amide bonds. The molecular formula is C16H24N2O3. The Bertz CT molecular complexity index is 447. The first kappa shape index (κ1) is 15.6. The van der Waals surface area contributed by atoms with E-state index in [1.807, 2.05) is 24.3 Å². The van der Waals surface area contributed by atoms with E-state index in [0.29, 0.717) is 18.8 Å². The van der Waals surface area contributed by atoms with Crippen molar-refractivity contribution >= 4 is 11.6 Å². The highest BCUT2D eigenvalue weighted by Gasteiger charge is 2.21. The highest BCUT2D eigenvalue weighted by atomic mass is 16.5. The highest BCUT2D eigenvalue weighted by molar-refractivity contribution is 5.73. The molecule has 5 heteroatoms. The van der Waals surface area contributed by atoms with Gasteiger partial charge in [-0.1, -0.05) is 0 Å². The van der Waals surface area contributed by atoms with Crippen LogP contribution in [-0.2, 0) is 9.53 Å². The molecule has 0 radical (unpaired) electrons. The van der Waals surface area contributed by atoms with E-state index in [-0.39, 0.29) is 12.3 Å². The maximum absolute atomic E-state index is 10.6. The number of nitrogens with one attached hydrogen (secondary N) is 1. The number of benzene rings is 1. The van der Waals surface area contributed by atoms with Gasteiger partial charge in [-0.05, 0) is 49.9 Å². The molecule has 1 fully saturated rings. The molecule has 21 heavy (non-hydrogen) atoms. The molecule has 1 aromatic rings. The standard InChI is InChI=1S/C16H24N2O3/c1-20-15-4-2-3-13(11-15)18-12-5-7-14(8-6-12)21-10-9-16(17)19/h5-8,13,15,18H,2-4,9-11H2,1H3,(H2,17,19). The van der Waals surface area contributed by atoms with Crippen LogP contribution in [0.25, 0.3) is 0 Å². The number of nitrogens with two attached hydrogens (primary N) is 1. The summed E-state index contributed by atoms with van der Waals surface area (Å²) in [5.74, 6) is 0.401. The van der Waals surface area contributed by atoms with Gasteiger partial charge in [-0.15, -0.1) is 0 Å². The lowest BCUT2D eigenvalue weighted by molar-refractivity contribution is -0.118. The number of hydrogen-bond donors (Lipinski definition) is 2. The number of primary amides is 1. The van der Waals surface area contributed by atoms with Gasteiger partial charge in [0.05, 0.1) is 19.1 Å². The molecule has 0 aromatic heterocycles. The molecule has 2 atom stereocenters. The zero-order valence-electron chi connectivity index (χ0n) is 12.5. The first-order valence-corrected chi connectivity index (χ1v) is 7.48. The number of hydrogen-bond acceptors (Lipinski definition) is 4. The number of carbonyl (C=O) groups excluding carboxylic acids is 1. The molecule has 0 aliphatic heterocycles. The minimum absolute atomic E-state index is 0.237. The monoisotopic (exact) mass is 292 g/mol. The number of anilines is 1. The van der Waals surface area contributed by atoms with E-state index in [1.165, 1.54) is 12.8 Å². The number of rotatable bonds is 7. The normalized spacial score (nSPS) is 21.8. The number of carbonyl (C=O) groups is 1. The second kappa shape index (κ2) is 7.88. The molecule has 2 unspecified atom stereocenters. The van der Waals surface area contributed by atoms with Crippen LogP contribution in [0.15, 0.2) is 24.3 Å². The van der Waals surface area contributed by atoms with Crippen LogP contribution in [0, 0.1) is 0 Å². The minimum atomic E-state index is -0.349. The lowest BCUT2D eigenvalue weighted by Crippen LogP contribution is -2.30. The van der Waals surface area contributed by atoms with Gasteiger partial charge in [0.2, 0.25) is 5.91 Å². The average Bonchev–Trinajstić information content (AvgIpc) is 2.49. The van der Waals surface area contributed by atoms with E-state index in [4.69, 9.17) is 15.2 Å². The van der Waals surface area contributed by atoms with Crippen molar-refractivity contribution in [1.29, 1.82) is 0 Å². The molecule has 0 saturated heterocycles. The van der Waals surface area contributed by atoms with Gasteiger partial charge >= 0.3 is 0 Å². The summed E-state index contributed by atoms with van der Waals surface area (Å²) in [7, 11) is 1.78. The van der Waals surface area contributed by atoms with Crippen LogP contribution in [0.4, 0.5) is 5.69 Å². The zero-order valence-corrected chi connectivity index (χ0v) is 12.5. The van der Waals surface area contributed by atoms with E-state index in [0.717, 1.165) is 24.3 Å². The van der Waals surface area contributed by atoms with E-state index < -0.39 is 0 Å². The molecule has 0 spiro atoms. The summed E-state index contributed by atoms with van der Waals surface area (Å²) in [6.07, 6.45) is 5.18. The van der Waals surface area contributed by atoms with Crippen molar-refractivity contribution in [3.05, 3.63) is 24.3 Å². The molecule has 5 nitrogen and oxygen atoms in total. The maximum Gasteiger partial charge on any atom is 0.220 e. The molecule has 0 bridgehead atoms. The quantitative estimate of drug-likeness (QED) is 0.809. The Balaban J connectivity index is 1.80. The van der Waals surface area contributed by atoms with Gasteiger partial charge in [0.25, 0.3) is 0 Å². The Labute approximate surface area is 125 Å². The third kappa shape index (κ3) is 5.27. The van der Waals surface area contributed by atoms with Crippen LogP contribution in [0.3, 0.4) is 0 Å². The Morgan fingerprint density at radius 1 is 1.33 bits per heavy atom. The predicted molar refractivity (Wildman–Crippen MR) is 82.4 cm³/mol. The third-order valence-corrected chi connectivity index (χ3v) is 3.80. The summed E-state index contributed by atoms with van der Waals surface area (Å²) < 4.78 is 10.9. The van der Waals surface area contributed by atoms with Crippen molar-refractivity contribution in [3.8, 4) is 5.75 Å². The average molecular weight is 292 g/mol. The fourth-order valence-electron chi connectivity index (χ4n) is 2.64. The van der Waals surface area contributed by atoms with Crippen LogP contribution in [0.5, 0.6) is 5.75 Å². The van der Waals surface area contributed by atoms with Gasteiger partial charge in [0.1, 0.15) is 5.75 Å². The Kier molecular flexibility index (Phi) is 5.87. The van der Waals surface area contributed by atoms with Gasteiger partial charge < -0.3 is 20.5 Å². The van der Waals surface area contributed by atoms with Crippen molar-refractivity contribution < 1.29 is 14.3 Å². The van der Waals surface area contributed by atoms with Crippen LogP contribution in [-0.4, -0.2) is 31.8 Å². The minimum Gasteiger partial charge on any atom is -0.493 e. The Morgan fingerprint density at radius 2 is 2.10 bits per heavy atom. The smallest absolute Gasteiger partial charge is 0.220 e. The third-order valence-electron chi connectivity index (χ3n) is 3.80. The van der Waals surface area contributed by atoms with E-state index in [2.05, 4.69) is 5.32 Å². The van der Waals surface area contributed by atoms with Gasteiger partial charge in [-0.2, -0.15) is 0 Å². The van der Waals surface area contributed by atoms with Gasteiger partial charge in [-0.25, -0.2) is 0 Å². The van der Waals surface area contributed by atoms with Crippen LogP contribution in [0.1, 0.15) is 32.1 Å². The first-order chi connectivity index (χ1) is 10.2. The lowest BCUT2D eigenvalue weighted by atomic mass is 9.92. The molecule has 1 saturated carbocycles. The maximum atomic E-state index is 10.6. The molecule has 1 aliphatic carbocycles. The SMILES string of the molecule is COC1CCCC(Nc2ccc(OCCC(N)=O)cc2)C1. The molecule has 1 aromatic carbocycles. The fraction of sp³-hybridized carbons (Fsp3) is 0.562. The van der Waals surface area contributed by atoms with Gasteiger partial charge in [-0.3, -0.25) is 4.79 Å². The topological polar surface area (TPSA) is 73.6 Å². The van der Waals surface area contributed by atoms with Crippen LogP contribution in [0.2, 0.25) is 0 Å². The summed E-state index contributed by atoms with van der Waals surface area (Å²) in [5.41, 5.74) is 6.15. The fourth-order valence-corrected chi connectivity index (χ4v) is 2.64. The lowest BCUT2D eigenvalue weighted by Gasteiger charge is -2.29. The highest BCUT2D eigenvalue weighted by Crippen LogP contribution is 2.24. The van der Waals surface area contributed by atoms with Crippen molar-refractivity contribution in [2.45, 2.75) is 44.2 Å². The zero-order chi connectivity index (χ0) is 15.1. The van der Waals surface area contributed by atoms with Crippen molar-refractivity contribution in [2.75, 3.05) is 19.0 Å². The molecule has 0 heterocycles. The summed E-state index contributed by atoms with van der Waals surface area (Å²) >= 11 is 0. The largest absolute Gasteiger partial charge is 0.493 e. The predicted octanol–water partition coefficient (Wildman–Crippen LogP) is 2.31. The molecule has 1 aliphatic rings. The van der Waals surface area contributed by atoms with E-state index in [1.54, 1.807) is 7.11 Å². The summed E-state index contributed by atoms with van der Waals surface area (Å²) in [6.45, 7) is 0.320. The summed E-state index contributed by atoms with van der Waals surface area (Å²) in [4.78, 5) is 10.6.